The number of rotatable bonds is 7. The number of nitrogens with zero attached hydrogens (tertiary/aromatic N) is 4. The normalized spacial score (nSPS) is 11.5. The monoisotopic (exact) mass is 447 g/mol. The molecule has 4 rings (SSSR count). The van der Waals surface area contributed by atoms with Gasteiger partial charge >= 0.3 is 0 Å². The van der Waals surface area contributed by atoms with E-state index in [0.29, 0.717) is 17.5 Å². The summed E-state index contributed by atoms with van der Waals surface area (Å²) in [4.78, 5) is 12.5. The molecule has 1 N–H and O–H groups in total. The van der Waals surface area contributed by atoms with Crippen molar-refractivity contribution in [3.8, 4) is 5.69 Å². The lowest BCUT2D eigenvalue weighted by Crippen LogP contribution is -2.14. The Labute approximate surface area is 191 Å². The molecule has 0 bridgehead atoms. The Morgan fingerprint density at radius 1 is 1.03 bits per heavy atom. The molecule has 32 heavy (non-hydrogen) atoms. The van der Waals surface area contributed by atoms with Gasteiger partial charge in [0.1, 0.15) is 5.82 Å². The first kappa shape index (κ1) is 21.8. The Balaban J connectivity index is 1.49. The molecule has 0 aliphatic carbocycles. The van der Waals surface area contributed by atoms with Crippen LogP contribution in [0.1, 0.15) is 37.9 Å². The van der Waals surface area contributed by atoms with E-state index in [1.807, 2.05) is 73.9 Å². The van der Waals surface area contributed by atoms with Crippen molar-refractivity contribution in [1.29, 1.82) is 0 Å². The molecule has 0 saturated carbocycles. The Kier molecular flexibility index (Phi) is 6.41. The highest BCUT2D eigenvalue weighted by molar-refractivity contribution is 7.99. The van der Waals surface area contributed by atoms with Crippen molar-refractivity contribution < 1.29 is 9.32 Å². The molecule has 0 aliphatic rings. The second-order valence-corrected chi connectivity index (χ2v) is 9.34. The lowest BCUT2D eigenvalue weighted by Gasteiger charge is -2.12. The number of anilines is 1. The minimum absolute atomic E-state index is 0.150. The smallest absolute Gasteiger partial charge is 0.237 e. The number of aromatic nitrogens is 4. The number of hydrogen-bond acceptors (Lipinski definition) is 6. The molecule has 0 unspecified atom stereocenters. The van der Waals surface area contributed by atoms with E-state index in [1.54, 1.807) is 6.07 Å². The third-order valence-electron chi connectivity index (χ3n) is 4.79. The van der Waals surface area contributed by atoms with E-state index in [9.17, 15) is 4.79 Å². The fraction of sp³-hybridized carbons (Fsp3) is 0.250. The second kappa shape index (κ2) is 9.40. The lowest BCUT2D eigenvalue weighted by molar-refractivity contribution is -0.113. The molecule has 2 heterocycles. The van der Waals surface area contributed by atoms with Crippen LogP contribution in [0.2, 0.25) is 0 Å². The van der Waals surface area contributed by atoms with Gasteiger partial charge in [-0.2, -0.15) is 0 Å². The van der Waals surface area contributed by atoms with E-state index >= 15 is 0 Å². The SMILES string of the molecule is CC(C)(C)c1cc(NC(=O)CSc2nnc(Cc3ccccc3)n2-c2ccccc2)on1. The maximum Gasteiger partial charge on any atom is 0.237 e. The minimum atomic E-state index is -0.196. The van der Waals surface area contributed by atoms with Gasteiger partial charge in [0.05, 0.1) is 11.4 Å². The van der Waals surface area contributed by atoms with Gasteiger partial charge in [-0.05, 0) is 17.7 Å². The zero-order valence-corrected chi connectivity index (χ0v) is 19.1. The van der Waals surface area contributed by atoms with E-state index in [0.717, 1.165) is 22.8 Å². The van der Waals surface area contributed by atoms with Crippen LogP contribution in [0.5, 0.6) is 0 Å². The van der Waals surface area contributed by atoms with Crippen LogP contribution in [0.15, 0.2) is 76.4 Å². The third-order valence-corrected chi connectivity index (χ3v) is 5.72. The molecule has 164 valence electrons. The first-order valence-electron chi connectivity index (χ1n) is 10.3. The van der Waals surface area contributed by atoms with Gasteiger partial charge in [-0.15, -0.1) is 10.2 Å². The molecule has 4 aromatic rings. The number of benzene rings is 2. The van der Waals surface area contributed by atoms with Crippen molar-refractivity contribution in [3.05, 3.63) is 83.8 Å². The number of thioether (sulfide) groups is 1. The van der Waals surface area contributed by atoms with E-state index < -0.39 is 0 Å². The third kappa shape index (κ3) is 5.26. The molecule has 0 fully saturated rings. The molecular formula is C24H25N5O2S. The summed E-state index contributed by atoms with van der Waals surface area (Å²) < 4.78 is 7.25. The highest BCUT2D eigenvalue weighted by Crippen LogP contribution is 2.25. The van der Waals surface area contributed by atoms with E-state index in [1.165, 1.54) is 11.8 Å². The van der Waals surface area contributed by atoms with Gasteiger partial charge in [0.15, 0.2) is 5.16 Å². The topological polar surface area (TPSA) is 85.8 Å². The number of amides is 1. The maximum absolute atomic E-state index is 12.5. The Morgan fingerprint density at radius 3 is 2.38 bits per heavy atom. The fourth-order valence-corrected chi connectivity index (χ4v) is 3.89. The molecule has 1 amide bonds. The Hall–Kier alpha value is -3.39. The summed E-state index contributed by atoms with van der Waals surface area (Å²) in [5.74, 6) is 1.13. The van der Waals surface area contributed by atoms with Gasteiger partial charge in [0.2, 0.25) is 11.8 Å². The first-order chi connectivity index (χ1) is 15.4. The molecule has 0 aliphatic heterocycles. The summed E-state index contributed by atoms with van der Waals surface area (Å²) in [5.41, 5.74) is 2.74. The zero-order valence-electron chi connectivity index (χ0n) is 18.3. The summed E-state index contributed by atoms with van der Waals surface area (Å²) in [5, 5.41) is 16.2. The molecular weight excluding hydrogens is 422 g/mol. The van der Waals surface area contributed by atoms with Crippen LogP contribution in [0, 0.1) is 0 Å². The van der Waals surface area contributed by atoms with Crippen molar-refractivity contribution in [2.24, 2.45) is 0 Å². The standard InChI is InChI=1S/C24H25N5O2S/c1-24(2,3)19-15-22(31-28-19)25-21(30)16-32-23-27-26-20(14-17-10-6-4-7-11-17)29(23)18-12-8-5-9-13-18/h4-13,15H,14,16H2,1-3H3,(H,25,30). The number of nitrogens with one attached hydrogen (secondary N) is 1. The number of para-hydroxylation sites is 1. The summed E-state index contributed by atoms with van der Waals surface area (Å²) in [6, 6.07) is 21.8. The van der Waals surface area contributed by atoms with Gasteiger partial charge in [0.25, 0.3) is 0 Å². The zero-order chi connectivity index (χ0) is 22.6. The van der Waals surface area contributed by atoms with Crippen LogP contribution in [0.4, 0.5) is 5.88 Å². The summed E-state index contributed by atoms with van der Waals surface area (Å²) in [6.45, 7) is 6.11. The van der Waals surface area contributed by atoms with Crippen LogP contribution in [0.3, 0.4) is 0 Å². The number of carbonyl (C=O) groups excluding carboxylic acids is 1. The van der Waals surface area contributed by atoms with Gasteiger partial charge in [-0.3, -0.25) is 14.7 Å². The van der Waals surface area contributed by atoms with Crippen molar-refractivity contribution in [2.75, 3.05) is 11.1 Å². The largest absolute Gasteiger partial charge is 0.338 e. The lowest BCUT2D eigenvalue weighted by atomic mass is 9.92. The number of hydrogen-bond donors (Lipinski definition) is 1. The second-order valence-electron chi connectivity index (χ2n) is 8.40. The highest BCUT2D eigenvalue weighted by Gasteiger charge is 2.20. The molecule has 0 spiro atoms. The van der Waals surface area contributed by atoms with Crippen molar-refractivity contribution >= 4 is 23.6 Å². The quantitative estimate of drug-likeness (QED) is 0.407. The van der Waals surface area contributed by atoms with E-state index in [-0.39, 0.29) is 17.1 Å². The summed E-state index contributed by atoms with van der Waals surface area (Å²) >= 11 is 1.33. The van der Waals surface area contributed by atoms with Crippen molar-refractivity contribution in [3.63, 3.8) is 0 Å². The van der Waals surface area contributed by atoms with Crippen LogP contribution in [0.25, 0.3) is 5.69 Å². The van der Waals surface area contributed by atoms with Gasteiger partial charge in [0, 0.05) is 23.6 Å². The molecule has 0 atom stereocenters. The average molecular weight is 448 g/mol. The summed E-state index contributed by atoms with van der Waals surface area (Å²) in [7, 11) is 0. The predicted molar refractivity (Wildman–Crippen MR) is 125 cm³/mol. The molecule has 2 aromatic carbocycles. The van der Waals surface area contributed by atoms with Gasteiger partial charge < -0.3 is 4.52 Å². The first-order valence-corrected chi connectivity index (χ1v) is 11.3. The van der Waals surface area contributed by atoms with Crippen LogP contribution in [-0.2, 0) is 16.6 Å². The molecule has 2 aromatic heterocycles. The molecule has 0 radical (unpaired) electrons. The molecule has 0 saturated heterocycles. The van der Waals surface area contributed by atoms with Crippen molar-refractivity contribution in [2.45, 2.75) is 37.8 Å². The molecule has 8 heteroatoms. The predicted octanol–water partition coefficient (Wildman–Crippen LogP) is 4.87. The number of carbonyl (C=O) groups is 1. The van der Waals surface area contributed by atoms with Crippen LogP contribution < -0.4 is 5.32 Å². The van der Waals surface area contributed by atoms with Gasteiger partial charge in [-0.1, -0.05) is 86.2 Å². The van der Waals surface area contributed by atoms with E-state index in [2.05, 4.69) is 32.8 Å². The Bertz CT molecular complexity index is 1180. The molecule has 7 nitrogen and oxygen atoms in total. The van der Waals surface area contributed by atoms with Gasteiger partial charge in [-0.25, -0.2) is 0 Å². The average Bonchev–Trinajstić information content (AvgIpc) is 3.41. The van der Waals surface area contributed by atoms with Crippen molar-refractivity contribution in [1.82, 2.24) is 19.9 Å². The van der Waals surface area contributed by atoms with Crippen LogP contribution >= 0.6 is 11.8 Å². The summed E-state index contributed by atoms with van der Waals surface area (Å²) in [6.07, 6.45) is 0.642. The fourth-order valence-electron chi connectivity index (χ4n) is 3.11. The maximum atomic E-state index is 12.5. The minimum Gasteiger partial charge on any atom is -0.338 e. The highest BCUT2D eigenvalue weighted by atomic mass is 32.2. The van der Waals surface area contributed by atoms with Crippen LogP contribution in [-0.4, -0.2) is 31.6 Å². The van der Waals surface area contributed by atoms with E-state index in [4.69, 9.17) is 4.52 Å². The Morgan fingerprint density at radius 2 is 1.72 bits per heavy atom.